The Balaban J connectivity index is 1.05. The van der Waals surface area contributed by atoms with Crippen molar-refractivity contribution in [2.45, 2.75) is 78.2 Å². The number of cyclic esters (lactones) is 1. The Kier molecular flexibility index (Phi) is 3.70. The van der Waals surface area contributed by atoms with E-state index in [1.165, 1.54) is 48.8 Å². The summed E-state index contributed by atoms with van der Waals surface area (Å²) in [7, 11) is 0. The van der Waals surface area contributed by atoms with E-state index in [0.717, 1.165) is 60.1 Å². The van der Waals surface area contributed by atoms with Gasteiger partial charge in [-0.05, 0) is 109 Å². The maximum absolute atomic E-state index is 12.7. The summed E-state index contributed by atoms with van der Waals surface area (Å²) in [6.07, 6.45) is 17.7. The number of rotatable bonds is 4. The average Bonchev–Trinajstić information content (AvgIpc) is 3.79. The third kappa shape index (κ3) is 2.02. The minimum absolute atomic E-state index is 0.0537. The van der Waals surface area contributed by atoms with Crippen molar-refractivity contribution in [2.24, 2.45) is 57.2 Å². The van der Waals surface area contributed by atoms with E-state index in [4.69, 9.17) is 16.3 Å². The SMILES string of the molecule is C=C1C(c2cnccn2)=CC2C3C4CC56C7CCC(CC8CC(C)=C(CC)C(=O)O8)C7(C)CCC5C16C243. The summed E-state index contributed by atoms with van der Waals surface area (Å²) in [6, 6.07) is 0. The normalized spacial score (nSPS) is 53.4. The first-order chi connectivity index (χ1) is 17.9. The van der Waals surface area contributed by atoms with Crippen molar-refractivity contribution in [3.8, 4) is 0 Å². The van der Waals surface area contributed by atoms with E-state index in [9.17, 15) is 4.79 Å². The van der Waals surface area contributed by atoms with E-state index in [2.05, 4.69) is 31.8 Å². The number of ether oxygens (including phenoxy) is 1. The molecule has 11 atom stereocenters. The highest BCUT2D eigenvalue weighted by Gasteiger charge is 3.08. The molecule has 0 N–H and O–H groups in total. The van der Waals surface area contributed by atoms with Crippen LogP contribution in [0.15, 0.2) is 48.0 Å². The molecule has 7 aliphatic carbocycles. The lowest BCUT2D eigenvalue weighted by atomic mass is 9.58. The van der Waals surface area contributed by atoms with Crippen LogP contribution in [0.5, 0.6) is 0 Å². The van der Waals surface area contributed by atoms with Crippen molar-refractivity contribution in [3.63, 3.8) is 0 Å². The number of fused-ring (bicyclic) bond motifs is 3. The Hall–Kier alpha value is -2.23. The summed E-state index contributed by atoms with van der Waals surface area (Å²) in [5.41, 5.74) is 7.65. The maximum Gasteiger partial charge on any atom is 0.334 e. The molecular formula is C33H38N2O2. The highest BCUT2D eigenvalue weighted by molar-refractivity contribution is 5.90. The lowest BCUT2D eigenvalue weighted by molar-refractivity contribution is -0.147. The molecule has 4 nitrogen and oxygen atoms in total. The lowest BCUT2D eigenvalue weighted by Crippen LogP contribution is -2.41. The zero-order valence-electron chi connectivity index (χ0n) is 22.4. The fraction of sp³-hybridized carbons (Fsp3) is 0.667. The Morgan fingerprint density at radius 1 is 1.19 bits per heavy atom. The monoisotopic (exact) mass is 494 g/mol. The standard InChI is InChI=1S/C33H38N2O2/c1-5-21-17(2)12-20(37-29(21)36)13-19-6-7-26-30(19,4)9-8-27-31(26)15-24-28-23-14-22(25-16-34-10-11-35-25)18(3)33(27,31)32(23,24)28/h10-11,14,16,19-20,23-24,26-28H,3,5-9,12-13,15H2,1-2,4H3. The van der Waals surface area contributed by atoms with Crippen LogP contribution < -0.4 is 0 Å². The second-order valence-electron chi connectivity index (χ2n) is 14.3. The van der Waals surface area contributed by atoms with Gasteiger partial charge in [0.15, 0.2) is 0 Å². The van der Waals surface area contributed by atoms with Crippen molar-refractivity contribution >= 4 is 11.5 Å². The second-order valence-corrected chi connectivity index (χ2v) is 14.3. The molecule has 6 saturated carbocycles. The van der Waals surface area contributed by atoms with Gasteiger partial charge in [-0.2, -0.15) is 0 Å². The van der Waals surface area contributed by atoms with Crippen LogP contribution in [0.4, 0.5) is 0 Å². The molecule has 11 unspecified atom stereocenters. The Bertz CT molecular complexity index is 1360. The summed E-state index contributed by atoms with van der Waals surface area (Å²) in [4.78, 5) is 21.8. The number of hydrogen-bond acceptors (Lipinski definition) is 4. The van der Waals surface area contributed by atoms with Crippen molar-refractivity contribution < 1.29 is 9.53 Å². The Labute approximate surface area is 220 Å². The van der Waals surface area contributed by atoms with E-state index >= 15 is 0 Å². The lowest BCUT2D eigenvalue weighted by Gasteiger charge is -2.46. The maximum atomic E-state index is 12.7. The number of hydrogen-bond donors (Lipinski definition) is 0. The smallest absolute Gasteiger partial charge is 0.334 e. The van der Waals surface area contributed by atoms with Gasteiger partial charge in [0.2, 0.25) is 0 Å². The number of nitrogens with zero attached hydrogens (tertiary/aromatic N) is 2. The fourth-order valence-electron chi connectivity index (χ4n) is 13.0. The van der Waals surface area contributed by atoms with Gasteiger partial charge < -0.3 is 4.74 Å². The van der Waals surface area contributed by atoms with E-state index in [1.54, 1.807) is 6.20 Å². The molecule has 2 heterocycles. The molecule has 4 heteroatoms. The van der Waals surface area contributed by atoms with Gasteiger partial charge in [0.05, 0.1) is 11.9 Å². The molecule has 6 fully saturated rings. The third-order valence-electron chi connectivity index (χ3n) is 13.9. The van der Waals surface area contributed by atoms with Crippen LogP contribution in [0.3, 0.4) is 0 Å². The van der Waals surface area contributed by atoms with Gasteiger partial charge in [-0.1, -0.05) is 32.1 Å². The molecule has 0 bridgehead atoms. The highest BCUT2D eigenvalue weighted by atomic mass is 16.5. The van der Waals surface area contributed by atoms with Crippen LogP contribution >= 0.6 is 0 Å². The molecule has 0 saturated heterocycles. The first-order valence-electron chi connectivity index (χ1n) is 14.9. The molecular weight excluding hydrogens is 456 g/mol. The van der Waals surface area contributed by atoms with Gasteiger partial charge in [0.1, 0.15) is 6.10 Å². The zero-order chi connectivity index (χ0) is 25.1. The molecule has 0 aromatic carbocycles. The van der Waals surface area contributed by atoms with Crippen molar-refractivity contribution in [1.29, 1.82) is 0 Å². The van der Waals surface area contributed by atoms with Crippen LogP contribution in [-0.4, -0.2) is 22.0 Å². The quantitative estimate of drug-likeness (QED) is 0.445. The van der Waals surface area contributed by atoms with E-state index in [0.29, 0.717) is 27.6 Å². The molecule has 8 aliphatic rings. The molecule has 3 spiro atoms. The molecule has 9 rings (SSSR count). The predicted molar refractivity (Wildman–Crippen MR) is 141 cm³/mol. The molecule has 1 aromatic heterocycles. The first kappa shape index (κ1) is 21.7. The van der Waals surface area contributed by atoms with Gasteiger partial charge in [0.25, 0.3) is 0 Å². The van der Waals surface area contributed by atoms with Gasteiger partial charge in [-0.25, -0.2) is 4.79 Å². The zero-order valence-corrected chi connectivity index (χ0v) is 22.4. The Morgan fingerprint density at radius 3 is 2.81 bits per heavy atom. The summed E-state index contributed by atoms with van der Waals surface area (Å²) < 4.78 is 6.03. The van der Waals surface area contributed by atoms with Crippen LogP contribution in [0.2, 0.25) is 0 Å². The van der Waals surface area contributed by atoms with Gasteiger partial charge >= 0.3 is 5.97 Å². The number of allylic oxidation sites excluding steroid dienone is 3. The summed E-state index contributed by atoms with van der Waals surface area (Å²) in [6.45, 7) is 11.8. The summed E-state index contributed by atoms with van der Waals surface area (Å²) in [5, 5.41) is 0. The molecule has 37 heavy (non-hydrogen) atoms. The number of carbonyl (C=O) groups excluding carboxylic acids is 1. The van der Waals surface area contributed by atoms with Gasteiger partial charge in [0, 0.05) is 35.4 Å². The van der Waals surface area contributed by atoms with E-state index in [1.807, 2.05) is 12.4 Å². The predicted octanol–water partition coefficient (Wildman–Crippen LogP) is 6.56. The third-order valence-corrected chi connectivity index (χ3v) is 13.9. The van der Waals surface area contributed by atoms with Gasteiger partial charge in [-0.15, -0.1) is 0 Å². The highest BCUT2D eigenvalue weighted by Crippen LogP contribution is 3.11. The van der Waals surface area contributed by atoms with Crippen molar-refractivity contribution in [2.75, 3.05) is 0 Å². The van der Waals surface area contributed by atoms with Gasteiger partial charge in [-0.3, -0.25) is 9.97 Å². The molecule has 1 aliphatic heterocycles. The number of esters is 1. The van der Waals surface area contributed by atoms with E-state index in [-0.39, 0.29) is 12.1 Å². The minimum atomic E-state index is -0.0537. The number of aromatic nitrogens is 2. The van der Waals surface area contributed by atoms with Crippen LogP contribution in [0.1, 0.15) is 77.8 Å². The topological polar surface area (TPSA) is 52.1 Å². The second kappa shape index (κ2) is 6.32. The van der Waals surface area contributed by atoms with Crippen LogP contribution in [0.25, 0.3) is 5.57 Å². The van der Waals surface area contributed by atoms with Crippen molar-refractivity contribution in [3.05, 3.63) is 53.7 Å². The summed E-state index contributed by atoms with van der Waals surface area (Å²) in [5.74, 6) is 4.84. The molecule has 0 amide bonds. The van der Waals surface area contributed by atoms with Crippen LogP contribution in [0, 0.1) is 57.2 Å². The van der Waals surface area contributed by atoms with E-state index < -0.39 is 0 Å². The molecule has 0 radical (unpaired) electrons. The molecule has 1 aromatic rings. The van der Waals surface area contributed by atoms with Crippen molar-refractivity contribution in [1.82, 2.24) is 9.97 Å². The fourth-order valence-corrected chi connectivity index (χ4v) is 13.0. The first-order valence-corrected chi connectivity index (χ1v) is 14.9. The molecule has 192 valence electrons. The minimum Gasteiger partial charge on any atom is -0.459 e. The Morgan fingerprint density at radius 2 is 2.05 bits per heavy atom. The average molecular weight is 495 g/mol. The van der Waals surface area contributed by atoms with Crippen LogP contribution in [-0.2, 0) is 9.53 Å². The summed E-state index contributed by atoms with van der Waals surface area (Å²) >= 11 is 0. The largest absolute Gasteiger partial charge is 0.459 e. The number of carbonyl (C=O) groups is 1.